The van der Waals surface area contributed by atoms with Crippen LogP contribution in [0.1, 0.15) is 26.3 Å². The number of hydrogen-bond acceptors (Lipinski definition) is 4. The van der Waals surface area contributed by atoms with E-state index in [2.05, 4.69) is 33.9 Å². The molecule has 1 aromatic carbocycles. The van der Waals surface area contributed by atoms with Crippen LogP contribution in [0.3, 0.4) is 0 Å². The predicted molar refractivity (Wildman–Crippen MR) is 110 cm³/mol. The molecule has 0 spiro atoms. The van der Waals surface area contributed by atoms with Gasteiger partial charge in [-0.2, -0.15) is 0 Å². The Morgan fingerprint density at radius 3 is 2.32 bits per heavy atom. The van der Waals surface area contributed by atoms with Crippen molar-refractivity contribution in [2.75, 3.05) is 26.7 Å². The van der Waals surface area contributed by atoms with Gasteiger partial charge < -0.3 is 19.2 Å². The van der Waals surface area contributed by atoms with Gasteiger partial charge in [0.05, 0.1) is 19.8 Å². The Bertz CT molecular complexity index is 700. The van der Waals surface area contributed by atoms with Crippen LogP contribution in [-0.4, -0.2) is 68.1 Å². The maximum absolute atomic E-state index is 12.7. The van der Waals surface area contributed by atoms with Crippen LogP contribution in [-0.2, 0) is 15.8 Å². The van der Waals surface area contributed by atoms with E-state index < -0.39 is 14.4 Å². The van der Waals surface area contributed by atoms with Crippen LogP contribution in [0, 0.1) is 0 Å². The van der Waals surface area contributed by atoms with Crippen molar-refractivity contribution in [3.8, 4) is 5.75 Å². The predicted octanol–water partition coefficient (Wildman–Crippen LogP) is 3.41. The number of carbonyl (C=O) groups excluding carboxylic acids is 1. The first-order chi connectivity index (χ1) is 12.9. The van der Waals surface area contributed by atoms with Crippen LogP contribution in [0.2, 0.25) is 18.1 Å². The van der Waals surface area contributed by atoms with Crippen molar-refractivity contribution < 1.29 is 23.9 Å². The molecule has 1 heterocycles. The molecule has 1 saturated heterocycles. The van der Waals surface area contributed by atoms with E-state index in [-0.39, 0.29) is 30.1 Å². The van der Waals surface area contributed by atoms with Crippen LogP contribution in [0.25, 0.3) is 0 Å². The fourth-order valence-corrected chi connectivity index (χ4v) is 4.23. The molecule has 1 N–H and O–H groups in total. The topological polar surface area (TPSA) is 79.3 Å². The van der Waals surface area contributed by atoms with E-state index in [4.69, 9.17) is 9.16 Å². The summed E-state index contributed by atoms with van der Waals surface area (Å²) in [4.78, 5) is 27.2. The van der Waals surface area contributed by atoms with E-state index in [1.54, 1.807) is 12.0 Å². The van der Waals surface area contributed by atoms with E-state index in [1.807, 2.05) is 24.3 Å². The van der Waals surface area contributed by atoms with Gasteiger partial charge in [-0.3, -0.25) is 9.69 Å². The van der Waals surface area contributed by atoms with Gasteiger partial charge in [-0.1, -0.05) is 32.9 Å². The number of benzene rings is 1. The third-order valence-corrected chi connectivity index (χ3v) is 10.1. The van der Waals surface area contributed by atoms with Gasteiger partial charge in [0.25, 0.3) is 0 Å². The van der Waals surface area contributed by atoms with Crippen molar-refractivity contribution >= 4 is 20.3 Å². The summed E-state index contributed by atoms with van der Waals surface area (Å²) in [7, 11) is -0.501. The Kier molecular flexibility index (Phi) is 6.77. The van der Waals surface area contributed by atoms with Gasteiger partial charge in [0.1, 0.15) is 12.3 Å². The fraction of sp³-hybridized carbons (Fsp3) is 0.600. The molecule has 1 aromatic rings. The lowest BCUT2D eigenvalue weighted by molar-refractivity contribution is -0.131. The molecule has 2 amide bonds. The summed E-state index contributed by atoms with van der Waals surface area (Å²) in [5.41, 5.74) is 0.962. The zero-order chi connectivity index (χ0) is 21.1. The summed E-state index contributed by atoms with van der Waals surface area (Å²) < 4.78 is 11.7. The number of carboxylic acid groups (broad SMARTS) is 1. The first-order valence-electron chi connectivity index (χ1n) is 9.49. The van der Waals surface area contributed by atoms with Crippen LogP contribution in [0.4, 0.5) is 4.79 Å². The molecule has 1 aliphatic rings. The van der Waals surface area contributed by atoms with Crippen molar-refractivity contribution in [3.63, 3.8) is 0 Å². The number of hydrogen-bond donors (Lipinski definition) is 1. The normalized spacial score (nSPS) is 18.8. The average molecular weight is 409 g/mol. The van der Waals surface area contributed by atoms with E-state index in [1.165, 1.54) is 0 Å². The van der Waals surface area contributed by atoms with Crippen LogP contribution in [0.5, 0.6) is 5.75 Å². The van der Waals surface area contributed by atoms with Crippen molar-refractivity contribution in [2.24, 2.45) is 0 Å². The second-order valence-corrected chi connectivity index (χ2v) is 13.5. The second kappa shape index (κ2) is 8.53. The number of nitrogens with zero attached hydrogens (tertiary/aromatic N) is 2. The molecule has 1 atom stereocenters. The summed E-state index contributed by atoms with van der Waals surface area (Å²) in [6.45, 7) is 11.5. The molecule has 0 bridgehead atoms. The first kappa shape index (κ1) is 22.2. The van der Waals surface area contributed by atoms with Gasteiger partial charge in [0.15, 0.2) is 8.32 Å². The highest BCUT2D eigenvalue weighted by Crippen LogP contribution is 2.37. The molecule has 1 unspecified atom stereocenters. The Morgan fingerprint density at radius 2 is 1.82 bits per heavy atom. The van der Waals surface area contributed by atoms with Crippen molar-refractivity contribution in [3.05, 3.63) is 29.8 Å². The zero-order valence-corrected chi connectivity index (χ0v) is 18.7. The molecule has 7 nitrogen and oxygen atoms in total. The minimum absolute atomic E-state index is 0.00181. The average Bonchev–Trinajstić information content (AvgIpc) is 2.73. The summed E-state index contributed by atoms with van der Waals surface area (Å²) in [5, 5.41) is 9.49. The van der Waals surface area contributed by atoms with Gasteiger partial charge in [0.2, 0.25) is 5.91 Å². The van der Waals surface area contributed by atoms with Crippen LogP contribution >= 0.6 is 0 Å². The number of rotatable bonds is 5. The minimum atomic E-state index is -2.11. The largest absolute Gasteiger partial charge is 0.497 e. The SMILES string of the molecule is COc1ccc(CN2CC(O[Si](C)(C)C(C)(C)C)CN(C(=O)O)CC2=O)cc1. The van der Waals surface area contributed by atoms with Gasteiger partial charge in [-0.25, -0.2) is 4.79 Å². The van der Waals surface area contributed by atoms with Crippen molar-refractivity contribution in [1.82, 2.24) is 9.80 Å². The lowest BCUT2D eigenvalue weighted by Crippen LogP contribution is -2.49. The molecule has 28 heavy (non-hydrogen) atoms. The molecule has 2 rings (SSSR count). The third-order valence-electron chi connectivity index (χ3n) is 5.60. The Balaban J connectivity index is 2.22. The van der Waals surface area contributed by atoms with E-state index in [9.17, 15) is 14.7 Å². The van der Waals surface area contributed by atoms with E-state index >= 15 is 0 Å². The number of carbonyl (C=O) groups is 2. The molecule has 0 aliphatic carbocycles. The Labute approximate surface area is 168 Å². The summed E-state index contributed by atoms with van der Waals surface area (Å²) >= 11 is 0. The molecule has 1 fully saturated rings. The second-order valence-electron chi connectivity index (χ2n) is 8.79. The fourth-order valence-electron chi connectivity index (χ4n) is 2.90. The zero-order valence-electron chi connectivity index (χ0n) is 17.7. The van der Waals surface area contributed by atoms with Crippen molar-refractivity contribution in [2.45, 2.75) is 51.6 Å². The van der Waals surface area contributed by atoms with Gasteiger partial charge >= 0.3 is 6.09 Å². The molecule has 8 heteroatoms. The molecule has 0 saturated carbocycles. The lowest BCUT2D eigenvalue weighted by Gasteiger charge is -2.40. The molecular formula is C20H32N2O5Si. The molecule has 156 valence electrons. The van der Waals surface area contributed by atoms with Crippen LogP contribution in [0.15, 0.2) is 24.3 Å². The summed E-state index contributed by atoms with van der Waals surface area (Å²) in [6, 6.07) is 7.53. The first-order valence-corrected chi connectivity index (χ1v) is 12.4. The third kappa shape index (κ3) is 5.48. The molecule has 1 aliphatic heterocycles. The van der Waals surface area contributed by atoms with E-state index in [0.29, 0.717) is 13.1 Å². The van der Waals surface area contributed by atoms with Crippen LogP contribution < -0.4 is 4.74 Å². The monoisotopic (exact) mass is 408 g/mol. The Hall–Kier alpha value is -2.06. The molecule has 0 radical (unpaired) electrons. The smallest absolute Gasteiger partial charge is 0.407 e. The molecule has 0 aromatic heterocycles. The molecular weight excluding hydrogens is 376 g/mol. The lowest BCUT2D eigenvalue weighted by atomic mass is 10.2. The van der Waals surface area contributed by atoms with Crippen molar-refractivity contribution in [1.29, 1.82) is 0 Å². The minimum Gasteiger partial charge on any atom is -0.497 e. The number of ether oxygens (including phenoxy) is 1. The highest BCUT2D eigenvalue weighted by atomic mass is 28.4. The standard InChI is InChI=1S/C20H32N2O5Si/c1-20(2,3)28(5,6)27-17-12-21(18(23)14-22(13-17)19(24)25)11-15-7-9-16(26-4)10-8-15/h7-10,17H,11-14H2,1-6H3,(H,24,25). The quantitative estimate of drug-likeness (QED) is 0.756. The number of amides is 2. The summed E-state index contributed by atoms with van der Waals surface area (Å²) in [5.74, 6) is 0.543. The highest BCUT2D eigenvalue weighted by molar-refractivity contribution is 6.74. The summed E-state index contributed by atoms with van der Waals surface area (Å²) in [6.07, 6.45) is -1.44. The number of methoxy groups -OCH3 is 1. The maximum atomic E-state index is 12.7. The maximum Gasteiger partial charge on any atom is 0.407 e. The Morgan fingerprint density at radius 1 is 1.21 bits per heavy atom. The van der Waals surface area contributed by atoms with Gasteiger partial charge in [-0.05, 0) is 35.8 Å². The van der Waals surface area contributed by atoms with E-state index in [0.717, 1.165) is 16.2 Å². The highest BCUT2D eigenvalue weighted by Gasteiger charge is 2.41. The van der Waals surface area contributed by atoms with Gasteiger partial charge in [-0.15, -0.1) is 0 Å². The van der Waals surface area contributed by atoms with Gasteiger partial charge in [0, 0.05) is 13.1 Å².